The molecule has 140 valence electrons. The molecular weight excluding hydrogens is 366 g/mol. The molecule has 0 unspecified atom stereocenters. The van der Waals surface area contributed by atoms with Crippen LogP contribution in [0.1, 0.15) is 27.3 Å². The largest absolute Gasteiger partial charge is 0.478 e. The van der Waals surface area contributed by atoms with Crippen LogP contribution in [0, 0.1) is 18.6 Å². The Labute approximate surface area is 158 Å². The summed E-state index contributed by atoms with van der Waals surface area (Å²) in [6, 6.07) is 9.72. The molecule has 1 aliphatic rings. The molecule has 2 aromatic carbocycles. The topological polar surface area (TPSA) is 82.2 Å². The number of hydrogen-bond acceptors (Lipinski definition) is 2. The first kappa shape index (κ1) is 17.7. The van der Waals surface area contributed by atoms with E-state index < -0.39 is 23.5 Å². The van der Waals surface area contributed by atoms with Crippen molar-refractivity contribution >= 4 is 29.2 Å². The third-order valence-electron chi connectivity index (χ3n) is 4.56. The second kappa shape index (κ2) is 6.45. The van der Waals surface area contributed by atoms with Gasteiger partial charge in [0.05, 0.1) is 22.4 Å². The first-order valence-corrected chi connectivity index (χ1v) is 8.40. The molecule has 1 amide bonds. The van der Waals surface area contributed by atoms with E-state index in [1.165, 1.54) is 24.3 Å². The van der Waals surface area contributed by atoms with Gasteiger partial charge in [-0.2, -0.15) is 0 Å². The number of nitrogens with one attached hydrogen (secondary N) is 2. The van der Waals surface area contributed by atoms with Crippen LogP contribution < -0.4 is 5.32 Å². The molecule has 7 heteroatoms. The van der Waals surface area contributed by atoms with Gasteiger partial charge in [-0.15, -0.1) is 0 Å². The van der Waals surface area contributed by atoms with Crippen molar-refractivity contribution in [1.82, 2.24) is 4.98 Å². The quantitative estimate of drug-likeness (QED) is 0.587. The number of anilines is 1. The summed E-state index contributed by atoms with van der Waals surface area (Å²) in [5.74, 6) is -3.14. The molecule has 5 nitrogen and oxygen atoms in total. The average Bonchev–Trinajstić information content (AvgIpc) is 3.15. The van der Waals surface area contributed by atoms with Gasteiger partial charge in [-0.05, 0) is 42.8 Å². The minimum atomic E-state index is -1.15. The van der Waals surface area contributed by atoms with Crippen LogP contribution in [-0.2, 0) is 4.79 Å². The van der Waals surface area contributed by atoms with Gasteiger partial charge in [-0.1, -0.05) is 18.2 Å². The molecule has 0 saturated carbocycles. The highest BCUT2D eigenvalue weighted by molar-refractivity contribution is 6.36. The molecule has 2 heterocycles. The zero-order valence-electron chi connectivity index (χ0n) is 14.6. The molecule has 0 atom stereocenters. The van der Waals surface area contributed by atoms with E-state index in [2.05, 4.69) is 10.3 Å². The zero-order chi connectivity index (χ0) is 20.0. The van der Waals surface area contributed by atoms with Crippen molar-refractivity contribution in [2.75, 3.05) is 5.32 Å². The Hall–Kier alpha value is -3.74. The maximum atomic E-state index is 14.4. The predicted octanol–water partition coefficient (Wildman–Crippen LogP) is 4.46. The lowest BCUT2D eigenvalue weighted by atomic mass is 9.93. The summed E-state index contributed by atoms with van der Waals surface area (Å²) < 4.78 is 28.8. The molecule has 0 spiro atoms. The normalized spacial score (nSPS) is 14.2. The van der Waals surface area contributed by atoms with Gasteiger partial charge in [-0.3, -0.25) is 4.79 Å². The Morgan fingerprint density at radius 2 is 1.75 bits per heavy atom. The van der Waals surface area contributed by atoms with Gasteiger partial charge < -0.3 is 15.4 Å². The molecule has 0 bridgehead atoms. The van der Waals surface area contributed by atoms with E-state index in [1.54, 1.807) is 19.1 Å². The molecule has 0 fully saturated rings. The van der Waals surface area contributed by atoms with Crippen molar-refractivity contribution in [2.45, 2.75) is 6.92 Å². The number of aromatic nitrogens is 1. The number of carboxylic acid groups (broad SMARTS) is 1. The van der Waals surface area contributed by atoms with Crippen LogP contribution >= 0.6 is 0 Å². The Kier molecular flexibility index (Phi) is 4.07. The maximum absolute atomic E-state index is 14.4. The molecule has 0 aliphatic carbocycles. The molecule has 28 heavy (non-hydrogen) atoms. The first-order valence-electron chi connectivity index (χ1n) is 8.40. The number of benzene rings is 2. The Morgan fingerprint density at radius 3 is 2.43 bits per heavy atom. The first-order chi connectivity index (χ1) is 13.4. The highest BCUT2D eigenvalue weighted by Gasteiger charge is 2.29. The number of carbonyl (C=O) groups is 2. The maximum Gasteiger partial charge on any atom is 0.337 e. The van der Waals surface area contributed by atoms with E-state index in [4.69, 9.17) is 0 Å². The van der Waals surface area contributed by atoms with E-state index in [-0.39, 0.29) is 28.0 Å². The Morgan fingerprint density at radius 1 is 1.07 bits per heavy atom. The summed E-state index contributed by atoms with van der Waals surface area (Å²) in [7, 11) is 0. The fourth-order valence-electron chi connectivity index (χ4n) is 3.40. The Bertz CT molecular complexity index is 1160. The van der Waals surface area contributed by atoms with Crippen molar-refractivity contribution in [3.05, 3.63) is 76.6 Å². The van der Waals surface area contributed by atoms with Gasteiger partial charge in [0.15, 0.2) is 0 Å². The smallest absolute Gasteiger partial charge is 0.337 e. The van der Waals surface area contributed by atoms with Crippen LogP contribution in [-0.4, -0.2) is 22.0 Å². The number of rotatable bonds is 3. The minimum absolute atomic E-state index is 0.000744. The number of aromatic carboxylic acids is 1. The number of aryl methyl sites for hydroxylation is 1. The molecule has 1 aromatic heterocycles. The molecule has 0 radical (unpaired) electrons. The van der Waals surface area contributed by atoms with Crippen LogP contribution in [0.2, 0.25) is 0 Å². The van der Waals surface area contributed by atoms with Crippen LogP contribution in [0.4, 0.5) is 14.5 Å². The van der Waals surface area contributed by atoms with E-state index >= 15 is 0 Å². The lowest BCUT2D eigenvalue weighted by Crippen LogP contribution is -2.04. The van der Waals surface area contributed by atoms with Gasteiger partial charge in [0.25, 0.3) is 5.91 Å². The number of fused-ring (bicyclic) bond motifs is 1. The number of halogens is 2. The van der Waals surface area contributed by atoms with Gasteiger partial charge in [-0.25, -0.2) is 13.6 Å². The fourth-order valence-corrected chi connectivity index (χ4v) is 3.40. The molecule has 0 saturated heterocycles. The van der Waals surface area contributed by atoms with Crippen LogP contribution in [0.5, 0.6) is 0 Å². The summed E-state index contributed by atoms with van der Waals surface area (Å²) in [4.78, 5) is 26.9. The van der Waals surface area contributed by atoms with Crippen molar-refractivity contribution in [3.8, 4) is 11.1 Å². The standard InChI is InChI=1S/C21H14F2N2O3/c1-10-8-12(21(27)28)17(24-10)9-13-18-11(4-2-7-16(18)25-20(13)26)19-14(22)5-3-6-15(19)23/h2-9,24H,1H3,(H,25,26)(H,27,28). The van der Waals surface area contributed by atoms with Gasteiger partial charge in [0, 0.05) is 16.9 Å². The van der Waals surface area contributed by atoms with Gasteiger partial charge in [0.1, 0.15) is 11.6 Å². The van der Waals surface area contributed by atoms with Crippen LogP contribution in [0.3, 0.4) is 0 Å². The number of amides is 1. The van der Waals surface area contributed by atoms with Crippen molar-refractivity contribution in [2.24, 2.45) is 0 Å². The number of carboxylic acids is 1. The summed E-state index contributed by atoms with van der Waals surface area (Å²) >= 11 is 0. The SMILES string of the molecule is Cc1cc(C(=O)O)c(C=C2C(=O)Nc3cccc(-c4c(F)cccc4F)c32)[nH]1. The third-order valence-corrected chi connectivity index (χ3v) is 4.56. The highest BCUT2D eigenvalue weighted by atomic mass is 19.1. The van der Waals surface area contributed by atoms with Crippen molar-refractivity contribution in [1.29, 1.82) is 0 Å². The summed E-state index contributed by atoms with van der Waals surface area (Å²) in [6.45, 7) is 1.69. The Balaban J connectivity index is 1.97. The van der Waals surface area contributed by atoms with E-state index in [1.807, 2.05) is 0 Å². The summed E-state index contributed by atoms with van der Waals surface area (Å²) in [5, 5.41) is 12.0. The average molecular weight is 380 g/mol. The van der Waals surface area contributed by atoms with Gasteiger partial charge >= 0.3 is 5.97 Å². The molecule has 4 rings (SSSR count). The number of carbonyl (C=O) groups excluding carboxylic acids is 1. The number of hydrogen-bond donors (Lipinski definition) is 3. The van der Waals surface area contributed by atoms with E-state index in [0.29, 0.717) is 16.9 Å². The molecular formula is C21H14F2N2O3. The van der Waals surface area contributed by atoms with Crippen molar-refractivity contribution in [3.63, 3.8) is 0 Å². The van der Waals surface area contributed by atoms with E-state index in [0.717, 1.165) is 12.1 Å². The fraction of sp³-hybridized carbons (Fsp3) is 0.0476. The van der Waals surface area contributed by atoms with Crippen LogP contribution in [0.25, 0.3) is 22.8 Å². The lowest BCUT2D eigenvalue weighted by molar-refractivity contribution is -0.110. The molecule has 3 N–H and O–H groups in total. The molecule has 3 aromatic rings. The van der Waals surface area contributed by atoms with Gasteiger partial charge in [0.2, 0.25) is 0 Å². The number of H-pyrrole nitrogens is 1. The second-order valence-electron chi connectivity index (χ2n) is 6.42. The minimum Gasteiger partial charge on any atom is -0.478 e. The highest BCUT2D eigenvalue weighted by Crippen LogP contribution is 2.42. The number of aromatic amines is 1. The van der Waals surface area contributed by atoms with E-state index in [9.17, 15) is 23.5 Å². The summed E-state index contributed by atoms with van der Waals surface area (Å²) in [6.07, 6.45) is 1.39. The summed E-state index contributed by atoms with van der Waals surface area (Å²) in [5.41, 5.74) is 1.64. The predicted molar refractivity (Wildman–Crippen MR) is 101 cm³/mol. The molecule has 1 aliphatic heterocycles. The lowest BCUT2D eigenvalue weighted by Gasteiger charge is -2.10. The monoisotopic (exact) mass is 380 g/mol. The van der Waals surface area contributed by atoms with Crippen LogP contribution in [0.15, 0.2) is 42.5 Å². The zero-order valence-corrected chi connectivity index (χ0v) is 14.6. The second-order valence-corrected chi connectivity index (χ2v) is 6.42. The third kappa shape index (κ3) is 2.77. The van der Waals surface area contributed by atoms with Crippen molar-refractivity contribution < 1.29 is 23.5 Å².